The average Bonchev–Trinajstić information content (AvgIpc) is 2.39. The molecule has 0 unspecified atom stereocenters. The molecule has 0 atom stereocenters. The topological polar surface area (TPSA) is 25.8 Å². The molecular weight excluding hydrogens is 216 g/mol. The molecule has 2 aromatic rings. The maximum Gasteiger partial charge on any atom is 0.159 e. The molecule has 1 aromatic heterocycles. The highest BCUT2D eigenvalue weighted by Gasteiger charge is 2.12. The second-order valence-electron chi connectivity index (χ2n) is 3.83. The number of nitrogens with zero attached hydrogens (tertiary/aromatic N) is 2. The Morgan fingerprint density at radius 2 is 2.00 bits per heavy atom. The summed E-state index contributed by atoms with van der Waals surface area (Å²) in [5.41, 5.74) is 3.63. The van der Waals surface area contributed by atoms with Gasteiger partial charge in [0.05, 0.1) is 0 Å². The SMILES string of the molecule is c1ccc(-c2ncc3c(n2)CCSC3)cc1. The van der Waals surface area contributed by atoms with E-state index in [1.807, 2.05) is 36.2 Å². The van der Waals surface area contributed by atoms with Crippen LogP contribution >= 0.6 is 11.8 Å². The summed E-state index contributed by atoms with van der Waals surface area (Å²) in [4.78, 5) is 9.10. The zero-order valence-electron chi connectivity index (χ0n) is 8.89. The first-order chi connectivity index (χ1) is 7.93. The summed E-state index contributed by atoms with van der Waals surface area (Å²) in [6, 6.07) is 10.2. The Bertz CT molecular complexity index is 497. The molecule has 2 nitrogen and oxygen atoms in total. The number of rotatable bonds is 1. The molecule has 1 aliphatic heterocycles. The summed E-state index contributed by atoms with van der Waals surface area (Å²) < 4.78 is 0. The minimum Gasteiger partial charge on any atom is -0.236 e. The molecule has 1 aromatic carbocycles. The Balaban J connectivity index is 2.03. The van der Waals surface area contributed by atoms with Gasteiger partial charge in [-0.3, -0.25) is 0 Å². The van der Waals surface area contributed by atoms with E-state index in [9.17, 15) is 0 Å². The standard InChI is InChI=1S/C13H12N2S/c1-2-4-10(5-3-1)13-14-8-11-9-16-7-6-12(11)15-13/h1-5,8H,6-7,9H2. The van der Waals surface area contributed by atoms with Gasteiger partial charge < -0.3 is 0 Å². The van der Waals surface area contributed by atoms with Crippen molar-refractivity contribution in [2.24, 2.45) is 0 Å². The Morgan fingerprint density at radius 1 is 1.12 bits per heavy atom. The zero-order chi connectivity index (χ0) is 10.8. The molecule has 0 saturated heterocycles. The largest absolute Gasteiger partial charge is 0.236 e. The van der Waals surface area contributed by atoms with E-state index < -0.39 is 0 Å². The van der Waals surface area contributed by atoms with Gasteiger partial charge in [-0.05, 0) is 12.2 Å². The van der Waals surface area contributed by atoms with Crippen molar-refractivity contribution in [3.8, 4) is 11.4 Å². The molecule has 0 amide bonds. The fourth-order valence-electron chi connectivity index (χ4n) is 1.86. The van der Waals surface area contributed by atoms with Crippen molar-refractivity contribution in [1.82, 2.24) is 9.97 Å². The molecule has 0 fully saturated rings. The molecule has 3 heteroatoms. The van der Waals surface area contributed by atoms with Crippen molar-refractivity contribution in [3.05, 3.63) is 47.8 Å². The number of hydrogen-bond acceptors (Lipinski definition) is 3. The maximum absolute atomic E-state index is 4.66. The van der Waals surface area contributed by atoms with Crippen LogP contribution in [0.2, 0.25) is 0 Å². The second kappa shape index (κ2) is 4.26. The Morgan fingerprint density at radius 3 is 2.88 bits per heavy atom. The van der Waals surface area contributed by atoms with Crippen molar-refractivity contribution in [2.75, 3.05) is 5.75 Å². The number of aromatic nitrogens is 2. The predicted molar refractivity (Wildman–Crippen MR) is 67.3 cm³/mol. The summed E-state index contributed by atoms with van der Waals surface area (Å²) in [6.45, 7) is 0. The van der Waals surface area contributed by atoms with Gasteiger partial charge >= 0.3 is 0 Å². The number of benzene rings is 1. The molecule has 0 N–H and O–H groups in total. The molecule has 80 valence electrons. The molecule has 0 aliphatic carbocycles. The van der Waals surface area contributed by atoms with Crippen LogP contribution < -0.4 is 0 Å². The van der Waals surface area contributed by atoms with E-state index in [1.165, 1.54) is 17.0 Å². The number of hydrogen-bond donors (Lipinski definition) is 0. The second-order valence-corrected chi connectivity index (χ2v) is 4.94. The van der Waals surface area contributed by atoms with Gasteiger partial charge in [-0.1, -0.05) is 30.3 Å². The Labute approximate surface area is 99.1 Å². The molecule has 0 saturated carbocycles. The summed E-state index contributed by atoms with van der Waals surface area (Å²) in [5, 5.41) is 0. The quantitative estimate of drug-likeness (QED) is 0.750. The van der Waals surface area contributed by atoms with Crippen LogP contribution in [0.3, 0.4) is 0 Å². The lowest BCUT2D eigenvalue weighted by atomic mass is 10.1. The highest BCUT2D eigenvalue weighted by molar-refractivity contribution is 7.98. The summed E-state index contributed by atoms with van der Waals surface area (Å²) in [7, 11) is 0. The summed E-state index contributed by atoms with van der Waals surface area (Å²) in [6.07, 6.45) is 3.05. The van der Waals surface area contributed by atoms with Crippen LogP contribution in [-0.2, 0) is 12.2 Å². The van der Waals surface area contributed by atoms with Gasteiger partial charge in [0.15, 0.2) is 5.82 Å². The molecule has 1 aliphatic rings. The third kappa shape index (κ3) is 1.83. The molecule has 2 heterocycles. The van der Waals surface area contributed by atoms with E-state index in [0.717, 1.165) is 23.6 Å². The third-order valence-corrected chi connectivity index (χ3v) is 3.73. The number of thioether (sulfide) groups is 1. The van der Waals surface area contributed by atoms with Crippen LogP contribution in [0, 0.1) is 0 Å². The van der Waals surface area contributed by atoms with Crippen LogP contribution in [0.4, 0.5) is 0 Å². The van der Waals surface area contributed by atoms with Gasteiger partial charge in [0.2, 0.25) is 0 Å². The first-order valence-corrected chi connectivity index (χ1v) is 6.57. The van der Waals surface area contributed by atoms with Gasteiger partial charge in [0, 0.05) is 28.8 Å². The van der Waals surface area contributed by atoms with Gasteiger partial charge in [-0.15, -0.1) is 0 Å². The number of fused-ring (bicyclic) bond motifs is 1. The van der Waals surface area contributed by atoms with Gasteiger partial charge in [0.25, 0.3) is 0 Å². The van der Waals surface area contributed by atoms with Crippen LogP contribution in [0.25, 0.3) is 11.4 Å². The minimum absolute atomic E-state index is 0.853. The van der Waals surface area contributed by atoms with Crippen LogP contribution in [0.15, 0.2) is 36.5 Å². The van der Waals surface area contributed by atoms with E-state index in [2.05, 4.69) is 22.1 Å². The first kappa shape index (κ1) is 9.85. The van der Waals surface area contributed by atoms with Gasteiger partial charge in [-0.25, -0.2) is 9.97 Å². The lowest BCUT2D eigenvalue weighted by Gasteiger charge is -2.14. The van der Waals surface area contributed by atoms with Crippen LogP contribution in [0.1, 0.15) is 11.3 Å². The first-order valence-electron chi connectivity index (χ1n) is 5.41. The lowest BCUT2D eigenvalue weighted by molar-refractivity contribution is 0.960. The molecule has 0 bridgehead atoms. The minimum atomic E-state index is 0.853. The Hall–Kier alpha value is -1.35. The van der Waals surface area contributed by atoms with Crippen molar-refractivity contribution < 1.29 is 0 Å². The summed E-state index contributed by atoms with van der Waals surface area (Å²) >= 11 is 1.96. The van der Waals surface area contributed by atoms with Crippen molar-refractivity contribution >= 4 is 11.8 Å². The molecule has 0 radical (unpaired) electrons. The maximum atomic E-state index is 4.66. The van der Waals surface area contributed by atoms with E-state index in [0.29, 0.717) is 0 Å². The molecular formula is C13H12N2S. The third-order valence-electron chi connectivity index (χ3n) is 2.73. The predicted octanol–water partition coefficient (Wildman–Crippen LogP) is 2.93. The average molecular weight is 228 g/mol. The molecule has 16 heavy (non-hydrogen) atoms. The lowest BCUT2D eigenvalue weighted by Crippen LogP contribution is -2.07. The molecule has 0 spiro atoms. The molecule has 3 rings (SSSR count). The highest BCUT2D eigenvalue weighted by Crippen LogP contribution is 2.24. The van der Waals surface area contributed by atoms with Crippen molar-refractivity contribution in [1.29, 1.82) is 0 Å². The monoisotopic (exact) mass is 228 g/mol. The fraction of sp³-hybridized carbons (Fsp3) is 0.231. The zero-order valence-corrected chi connectivity index (χ0v) is 9.70. The van der Waals surface area contributed by atoms with E-state index >= 15 is 0 Å². The van der Waals surface area contributed by atoms with Crippen LogP contribution in [0.5, 0.6) is 0 Å². The van der Waals surface area contributed by atoms with Crippen LogP contribution in [-0.4, -0.2) is 15.7 Å². The normalized spacial score (nSPS) is 14.5. The number of aryl methyl sites for hydroxylation is 1. The van der Waals surface area contributed by atoms with E-state index in [1.54, 1.807) is 0 Å². The van der Waals surface area contributed by atoms with Gasteiger partial charge in [0.1, 0.15) is 0 Å². The smallest absolute Gasteiger partial charge is 0.159 e. The fourth-order valence-corrected chi connectivity index (χ4v) is 2.80. The van der Waals surface area contributed by atoms with Crippen molar-refractivity contribution in [3.63, 3.8) is 0 Å². The highest BCUT2D eigenvalue weighted by atomic mass is 32.2. The van der Waals surface area contributed by atoms with Gasteiger partial charge in [-0.2, -0.15) is 11.8 Å². The van der Waals surface area contributed by atoms with E-state index in [4.69, 9.17) is 0 Å². The summed E-state index contributed by atoms with van der Waals surface area (Å²) in [5.74, 6) is 3.09. The van der Waals surface area contributed by atoms with Crippen molar-refractivity contribution in [2.45, 2.75) is 12.2 Å². The Kier molecular flexibility index (Phi) is 2.62. The van der Waals surface area contributed by atoms with E-state index in [-0.39, 0.29) is 0 Å².